The number of pyridine rings is 1. The average Bonchev–Trinajstić information content (AvgIpc) is 2.88. The lowest BCUT2D eigenvalue weighted by Crippen LogP contribution is -2.46. The quantitative estimate of drug-likeness (QED) is 0.601. The molecule has 3 heterocycles. The molecule has 176 valence electrons. The fourth-order valence-corrected chi connectivity index (χ4v) is 5.73. The zero-order valence-electron chi connectivity index (χ0n) is 19.9. The Labute approximate surface area is 199 Å². The number of fused-ring (bicyclic) bond motifs is 2. The first-order valence-electron chi connectivity index (χ1n) is 13.0. The van der Waals surface area contributed by atoms with Gasteiger partial charge in [-0.1, -0.05) is 48.9 Å². The standard InChI is InChI=1S/C28H39N5/c1-5-18-33(19-6-1)31-16-4-7-17-32(27-14-8-12-23-13-9-15-29-28(23)27)22-26-20-24-10-2-3-11-25(24)21-30-26/h2-4,7,9-11,13,15,26-27,30-31H,1,5-6,8,12,14,16-22H2/b7-4+/t26-,27-/m0/s1. The summed E-state index contributed by atoms with van der Waals surface area (Å²) < 4.78 is 0. The fraction of sp³-hybridized carbons (Fsp3) is 0.536. The van der Waals surface area contributed by atoms with Gasteiger partial charge in [-0.15, -0.1) is 0 Å². The van der Waals surface area contributed by atoms with Crippen molar-refractivity contribution < 1.29 is 0 Å². The smallest absolute Gasteiger partial charge is 0.0607 e. The van der Waals surface area contributed by atoms with E-state index in [4.69, 9.17) is 4.98 Å². The molecule has 33 heavy (non-hydrogen) atoms. The highest BCUT2D eigenvalue weighted by atomic mass is 15.5. The van der Waals surface area contributed by atoms with E-state index < -0.39 is 0 Å². The van der Waals surface area contributed by atoms with Crippen molar-refractivity contribution in [2.45, 2.75) is 63.6 Å². The molecule has 1 aromatic heterocycles. The van der Waals surface area contributed by atoms with Crippen LogP contribution in [0.15, 0.2) is 54.7 Å². The Morgan fingerprint density at radius 2 is 1.85 bits per heavy atom. The van der Waals surface area contributed by atoms with Gasteiger partial charge in [0.15, 0.2) is 0 Å². The Balaban J connectivity index is 1.25. The van der Waals surface area contributed by atoms with Gasteiger partial charge in [0.1, 0.15) is 0 Å². The normalized spacial score (nSPS) is 23.5. The number of hydrogen-bond acceptors (Lipinski definition) is 5. The first kappa shape index (κ1) is 22.7. The van der Waals surface area contributed by atoms with Crippen LogP contribution in [0.25, 0.3) is 0 Å². The van der Waals surface area contributed by atoms with Crippen molar-refractivity contribution in [1.82, 2.24) is 25.6 Å². The largest absolute Gasteiger partial charge is 0.308 e. The molecule has 1 aliphatic carbocycles. The van der Waals surface area contributed by atoms with Crippen LogP contribution in [0.4, 0.5) is 0 Å². The zero-order valence-corrected chi connectivity index (χ0v) is 19.9. The molecule has 3 aliphatic rings. The van der Waals surface area contributed by atoms with E-state index in [0.29, 0.717) is 12.1 Å². The first-order valence-corrected chi connectivity index (χ1v) is 13.0. The predicted octanol–water partition coefficient (Wildman–Crippen LogP) is 4.02. The van der Waals surface area contributed by atoms with Crippen LogP contribution in [0.2, 0.25) is 0 Å². The minimum atomic E-state index is 0.411. The lowest BCUT2D eigenvalue weighted by atomic mass is 9.89. The molecule has 0 saturated carbocycles. The summed E-state index contributed by atoms with van der Waals surface area (Å²) in [6.07, 6.45) is 15.4. The van der Waals surface area contributed by atoms with Crippen LogP contribution in [-0.2, 0) is 19.4 Å². The molecule has 5 heteroatoms. The molecular weight excluding hydrogens is 406 g/mol. The van der Waals surface area contributed by atoms with E-state index in [1.54, 1.807) is 0 Å². The Bertz CT molecular complexity index is 920. The summed E-state index contributed by atoms with van der Waals surface area (Å²) in [6, 6.07) is 14.2. The molecule has 2 aromatic rings. The molecule has 0 unspecified atom stereocenters. The number of piperidine rings is 1. The third kappa shape index (κ3) is 5.90. The van der Waals surface area contributed by atoms with Gasteiger partial charge in [-0.3, -0.25) is 15.3 Å². The van der Waals surface area contributed by atoms with Crippen molar-refractivity contribution in [2.24, 2.45) is 0 Å². The van der Waals surface area contributed by atoms with Crippen molar-refractivity contribution in [1.29, 1.82) is 0 Å². The number of nitrogens with one attached hydrogen (secondary N) is 2. The number of rotatable bonds is 8. The summed E-state index contributed by atoms with van der Waals surface area (Å²) in [5.41, 5.74) is 9.29. The van der Waals surface area contributed by atoms with Gasteiger partial charge in [-0.2, -0.15) is 0 Å². The number of aromatic nitrogens is 1. The van der Waals surface area contributed by atoms with Crippen LogP contribution in [0.1, 0.15) is 60.5 Å². The van der Waals surface area contributed by atoms with E-state index in [9.17, 15) is 0 Å². The molecule has 2 atom stereocenters. The van der Waals surface area contributed by atoms with Gasteiger partial charge in [0.05, 0.1) is 11.7 Å². The van der Waals surface area contributed by atoms with Crippen molar-refractivity contribution in [3.63, 3.8) is 0 Å². The molecule has 1 fully saturated rings. The molecule has 5 rings (SSSR count). The highest BCUT2D eigenvalue weighted by Gasteiger charge is 2.29. The van der Waals surface area contributed by atoms with E-state index >= 15 is 0 Å². The SMILES string of the molecule is C(=C\CN(C[C@@H]1Cc2ccccc2CN1)[C@H]1CCCc2cccnc21)/CNN1CCCCC1. The molecule has 2 N–H and O–H groups in total. The van der Waals surface area contributed by atoms with E-state index in [-0.39, 0.29) is 0 Å². The van der Waals surface area contributed by atoms with Gasteiger partial charge >= 0.3 is 0 Å². The zero-order chi connectivity index (χ0) is 22.3. The van der Waals surface area contributed by atoms with Crippen molar-refractivity contribution >= 4 is 0 Å². The number of benzene rings is 1. The van der Waals surface area contributed by atoms with E-state index in [1.807, 2.05) is 6.20 Å². The van der Waals surface area contributed by atoms with E-state index in [2.05, 4.69) is 69.2 Å². The van der Waals surface area contributed by atoms with Crippen LogP contribution < -0.4 is 10.7 Å². The lowest BCUT2D eigenvalue weighted by Gasteiger charge is -2.38. The molecule has 0 bridgehead atoms. The van der Waals surface area contributed by atoms with Crippen molar-refractivity contribution in [3.05, 3.63) is 77.1 Å². The Kier molecular flexibility index (Phi) is 7.84. The number of nitrogens with zero attached hydrogens (tertiary/aromatic N) is 3. The molecule has 1 aromatic carbocycles. The van der Waals surface area contributed by atoms with E-state index in [0.717, 1.165) is 39.0 Å². The van der Waals surface area contributed by atoms with Crippen molar-refractivity contribution in [3.8, 4) is 0 Å². The van der Waals surface area contributed by atoms with Gasteiger partial charge in [-0.05, 0) is 61.3 Å². The summed E-state index contributed by atoms with van der Waals surface area (Å²) in [7, 11) is 0. The third-order valence-corrected chi connectivity index (χ3v) is 7.52. The molecule has 0 radical (unpaired) electrons. The Hall–Kier alpha value is -2.05. The van der Waals surface area contributed by atoms with Crippen LogP contribution in [0.3, 0.4) is 0 Å². The number of hydrogen-bond donors (Lipinski definition) is 2. The second kappa shape index (κ2) is 11.4. The molecule has 0 spiro atoms. The maximum absolute atomic E-state index is 4.85. The first-order chi connectivity index (χ1) is 16.4. The second-order valence-corrected chi connectivity index (χ2v) is 9.84. The summed E-state index contributed by atoms with van der Waals surface area (Å²) in [5, 5.41) is 6.19. The van der Waals surface area contributed by atoms with Crippen LogP contribution in [0.5, 0.6) is 0 Å². The second-order valence-electron chi connectivity index (χ2n) is 9.84. The molecule has 2 aliphatic heterocycles. The lowest BCUT2D eigenvalue weighted by molar-refractivity contribution is 0.161. The van der Waals surface area contributed by atoms with Gasteiger partial charge < -0.3 is 5.32 Å². The monoisotopic (exact) mass is 445 g/mol. The summed E-state index contributed by atoms with van der Waals surface area (Å²) in [4.78, 5) is 7.53. The van der Waals surface area contributed by atoms with Crippen molar-refractivity contribution in [2.75, 3.05) is 32.7 Å². The maximum atomic E-state index is 4.85. The predicted molar refractivity (Wildman–Crippen MR) is 135 cm³/mol. The Morgan fingerprint density at radius 3 is 2.76 bits per heavy atom. The third-order valence-electron chi connectivity index (χ3n) is 7.52. The molecular formula is C28H39N5. The Morgan fingerprint density at radius 1 is 1.00 bits per heavy atom. The maximum Gasteiger partial charge on any atom is 0.0607 e. The minimum absolute atomic E-state index is 0.411. The van der Waals surface area contributed by atoms with Gasteiger partial charge in [0.2, 0.25) is 0 Å². The van der Waals surface area contributed by atoms with Gasteiger partial charge in [-0.25, -0.2) is 5.01 Å². The average molecular weight is 446 g/mol. The van der Waals surface area contributed by atoms with Crippen LogP contribution in [-0.4, -0.2) is 53.7 Å². The van der Waals surface area contributed by atoms with Gasteiger partial charge in [0, 0.05) is 51.5 Å². The number of hydrazine groups is 1. The summed E-state index contributed by atoms with van der Waals surface area (Å²) in [5.74, 6) is 0. The highest BCUT2D eigenvalue weighted by molar-refractivity contribution is 5.30. The summed E-state index contributed by atoms with van der Waals surface area (Å²) >= 11 is 0. The van der Waals surface area contributed by atoms with E-state index in [1.165, 1.54) is 67.6 Å². The minimum Gasteiger partial charge on any atom is -0.308 e. The fourth-order valence-electron chi connectivity index (χ4n) is 5.73. The van der Waals surface area contributed by atoms with Crippen LogP contribution >= 0.6 is 0 Å². The highest BCUT2D eigenvalue weighted by Crippen LogP contribution is 2.33. The molecule has 0 amide bonds. The molecule has 1 saturated heterocycles. The molecule has 5 nitrogen and oxygen atoms in total. The number of aryl methyl sites for hydroxylation is 1. The summed E-state index contributed by atoms with van der Waals surface area (Å²) in [6.45, 7) is 6.28. The van der Waals surface area contributed by atoms with Crippen LogP contribution in [0, 0.1) is 0 Å². The topological polar surface area (TPSA) is 43.4 Å². The van der Waals surface area contributed by atoms with Gasteiger partial charge in [0.25, 0.3) is 0 Å².